The molecule has 1 saturated heterocycles. The van der Waals surface area contributed by atoms with E-state index in [-0.39, 0.29) is 36.7 Å². The van der Waals surface area contributed by atoms with Gasteiger partial charge in [-0.15, -0.1) is 0 Å². The molecule has 2 N–H and O–H groups in total. The van der Waals surface area contributed by atoms with Gasteiger partial charge in [0.15, 0.2) is 0 Å². The third-order valence-corrected chi connectivity index (χ3v) is 5.82. The van der Waals surface area contributed by atoms with Crippen molar-refractivity contribution in [1.82, 2.24) is 15.5 Å². The predicted molar refractivity (Wildman–Crippen MR) is 120 cm³/mol. The number of halogens is 2. The van der Waals surface area contributed by atoms with E-state index in [0.717, 1.165) is 18.2 Å². The van der Waals surface area contributed by atoms with Gasteiger partial charge >= 0.3 is 0 Å². The lowest BCUT2D eigenvalue weighted by atomic mass is 9.96. The molecule has 178 valence electrons. The highest BCUT2D eigenvalue weighted by molar-refractivity contribution is 5.94. The Morgan fingerprint density at radius 2 is 1.79 bits per heavy atom. The number of rotatable bonds is 5. The molecule has 0 radical (unpaired) electrons. The molecule has 0 spiro atoms. The van der Waals surface area contributed by atoms with E-state index in [0.29, 0.717) is 42.5 Å². The van der Waals surface area contributed by atoms with Crippen LogP contribution in [-0.4, -0.2) is 42.3 Å². The Hall–Kier alpha value is -3.80. The second kappa shape index (κ2) is 11.4. The molecular weight excluding hydrogens is 442 g/mol. The molecule has 0 aliphatic carbocycles. The maximum absolute atomic E-state index is 13.4. The molecule has 2 atom stereocenters. The molecule has 1 aliphatic rings. The van der Waals surface area contributed by atoms with Crippen LogP contribution < -0.4 is 10.6 Å². The smallest absolute Gasteiger partial charge is 0.251 e. The van der Waals surface area contributed by atoms with Crippen molar-refractivity contribution < 1.29 is 23.2 Å². The van der Waals surface area contributed by atoms with E-state index in [1.54, 1.807) is 31.3 Å². The summed E-state index contributed by atoms with van der Waals surface area (Å²) in [6.07, 6.45) is 1.62. The summed E-state index contributed by atoms with van der Waals surface area (Å²) in [6.45, 7) is 0.259. The summed E-state index contributed by atoms with van der Waals surface area (Å²) in [4.78, 5) is 39.5. The van der Waals surface area contributed by atoms with Gasteiger partial charge in [0.1, 0.15) is 11.6 Å². The zero-order valence-corrected chi connectivity index (χ0v) is 18.8. The average Bonchev–Trinajstić information content (AvgIpc) is 2.86. The fourth-order valence-electron chi connectivity index (χ4n) is 3.96. The lowest BCUT2D eigenvalue weighted by Crippen LogP contribution is -2.44. The molecule has 0 bridgehead atoms. The van der Waals surface area contributed by atoms with E-state index in [9.17, 15) is 23.2 Å². The van der Waals surface area contributed by atoms with Crippen LogP contribution in [0, 0.1) is 28.9 Å². The maximum Gasteiger partial charge on any atom is 0.251 e. The highest BCUT2D eigenvalue weighted by atomic mass is 19.1. The van der Waals surface area contributed by atoms with Gasteiger partial charge in [-0.2, -0.15) is 5.26 Å². The summed E-state index contributed by atoms with van der Waals surface area (Å²) >= 11 is 0. The maximum atomic E-state index is 13.4. The fourth-order valence-corrected chi connectivity index (χ4v) is 3.96. The lowest BCUT2D eigenvalue weighted by Gasteiger charge is -2.24. The third-order valence-electron chi connectivity index (χ3n) is 5.82. The molecule has 1 heterocycles. The summed E-state index contributed by atoms with van der Waals surface area (Å²) < 4.78 is 26.7. The van der Waals surface area contributed by atoms with Gasteiger partial charge in [-0.25, -0.2) is 8.78 Å². The number of carbonyl (C=O) groups is 3. The Morgan fingerprint density at radius 1 is 1.12 bits per heavy atom. The van der Waals surface area contributed by atoms with Crippen LogP contribution in [0.4, 0.5) is 8.78 Å². The number of hydrogen-bond acceptors (Lipinski definition) is 4. The highest BCUT2D eigenvalue weighted by Crippen LogP contribution is 2.19. The second-order valence-corrected chi connectivity index (χ2v) is 8.46. The van der Waals surface area contributed by atoms with Gasteiger partial charge in [0.25, 0.3) is 5.91 Å². The first-order valence-corrected chi connectivity index (χ1v) is 11.0. The number of carbonyl (C=O) groups excluding carboxylic acids is 3. The molecular formula is C25H26F2N4O3. The average molecular weight is 469 g/mol. The summed E-state index contributed by atoms with van der Waals surface area (Å²) in [5.74, 6) is -2.91. The van der Waals surface area contributed by atoms with E-state index in [2.05, 4.69) is 10.6 Å². The van der Waals surface area contributed by atoms with Crippen molar-refractivity contribution in [1.29, 1.82) is 5.26 Å². The first-order valence-electron chi connectivity index (χ1n) is 11.0. The number of likely N-dealkylation sites (N-methyl/N-ethyl adjacent to an activating group) is 1. The van der Waals surface area contributed by atoms with Crippen LogP contribution in [0.5, 0.6) is 0 Å². The Morgan fingerprint density at radius 3 is 2.44 bits per heavy atom. The quantitative estimate of drug-likeness (QED) is 0.704. The van der Waals surface area contributed by atoms with Crippen LogP contribution in [-0.2, 0) is 16.1 Å². The molecule has 34 heavy (non-hydrogen) atoms. The van der Waals surface area contributed by atoms with Crippen molar-refractivity contribution >= 4 is 17.7 Å². The van der Waals surface area contributed by atoms with Crippen LogP contribution in [0.25, 0.3) is 0 Å². The lowest BCUT2D eigenvalue weighted by molar-refractivity contribution is -0.135. The van der Waals surface area contributed by atoms with Crippen molar-refractivity contribution in [3.05, 3.63) is 70.8 Å². The van der Waals surface area contributed by atoms with Crippen molar-refractivity contribution in [2.75, 3.05) is 13.6 Å². The van der Waals surface area contributed by atoms with Crippen molar-refractivity contribution in [2.24, 2.45) is 5.92 Å². The highest BCUT2D eigenvalue weighted by Gasteiger charge is 2.27. The van der Waals surface area contributed by atoms with Crippen molar-refractivity contribution in [2.45, 2.75) is 38.3 Å². The minimum absolute atomic E-state index is 0.0101. The molecule has 3 rings (SSSR count). The van der Waals surface area contributed by atoms with Gasteiger partial charge in [0.05, 0.1) is 11.6 Å². The molecule has 2 aromatic rings. The molecule has 9 heteroatoms. The van der Waals surface area contributed by atoms with Crippen LogP contribution in [0.3, 0.4) is 0 Å². The SMILES string of the molecule is CN1C[C@H](NC(=O)c2ccc(C#N)cc2)CCC[C@@H](C(=O)NCc2cc(F)cc(F)c2)CC1=O. The third kappa shape index (κ3) is 6.85. The van der Waals surface area contributed by atoms with E-state index in [4.69, 9.17) is 5.26 Å². The van der Waals surface area contributed by atoms with Gasteiger partial charge in [0, 0.05) is 50.1 Å². The van der Waals surface area contributed by atoms with Crippen LogP contribution in [0.2, 0.25) is 0 Å². The summed E-state index contributed by atoms with van der Waals surface area (Å²) in [5.41, 5.74) is 1.16. The van der Waals surface area contributed by atoms with E-state index >= 15 is 0 Å². The van der Waals surface area contributed by atoms with Gasteiger partial charge in [-0.1, -0.05) is 6.42 Å². The standard InChI is InChI=1S/C25H26F2N4O3/c1-31-15-22(30-25(34)18-7-5-16(13-28)6-8-18)4-2-3-19(11-23(31)32)24(33)29-14-17-9-20(26)12-21(27)10-17/h5-10,12,19,22H,2-4,11,14-15H2,1H3,(H,29,33)(H,30,34)/t19-,22-/m1/s1. The normalized spacial score (nSPS) is 18.8. The Kier molecular flexibility index (Phi) is 8.30. The molecule has 1 fully saturated rings. The Balaban J connectivity index is 1.59. The summed E-state index contributed by atoms with van der Waals surface area (Å²) in [6, 6.07) is 11.0. The predicted octanol–water partition coefficient (Wildman–Crippen LogP) is 2.90. The second-order valence-electron chi connectivity index (χ2n) is 8.46. The number of benzene rings is 2. The number of hydrogen-bond donors (Lipinski definition) is 2. The van der Waals surface area contributed by atoms with Crippen molar-refractivity contribution in [3.63, 3.8) is 0 Å². The van der Waals surface area contributed by atoms with E-state index < -0.39 is 17.6 Å². The van der Waals surface area contributed by atoms with Gasteiger partial charge in [-0.3, -0.25) is 14.4 Å². The monoisotopic (exact) mass is 468 g/mol. The van der Waals surface area contributed by atoms with Crippen LogP contribution in [0.15, 0.2) is 42.5 Å². The first-order chi connectivity index (χ1) is 16.2. The Bertz CT molecular complexity index is 1080. The van der Waals surface area contributed by atoms with Gasteiger partial charge in [0.2, 0.25) is 11.8 Å². The largest absolute Gasteiger partial charge is 0.352 e. The van der Waals surface area contributed by atoms with E-state index in [1.807, 2.05) is 6.07 Å². The molecule has 0 aromatic heterocycles. The fraction of sp³-hybridized carbons (Fsp3) is 0.360. The number of nitrogens with zero attached hydrogens (tertiary/aromatic N) is 2. The molecule has 3 amide bonds. The minimum atomic E-state index is -0.724. The molecule has 0 saturated carbocycles. The Labute approximate surface area is 196 Å². The zero-order chi connectivity index (χ0) is 24.7. The van der Waals surface area contributed by atoms with Crippen molar-refractivity contribution in [3.8, 4) is 6.07 Å². The summed E-state index contributed by atoms with van der Waals surface area (Å²) in [7, 11) is 1.62. The number of nitriles is 1. The van der Waals surface area contributed by atoms with Gasteiger partial charge < -0.3 is 15.5 Å². The summed E-state index contributed by atoms with van der Waals surface area (Å²) in [5, 5.41) is 14.5. The minimum Gasteiger partial charge on any atom is -0.352 e. The van der Waals surface area contributed by atoms with E-state index in [1.165, 1.54) is 4.90 Å². The zero-order valence-electron chi connectivity index (χ0n) is 18.8. The van der Waals surface area contributed by atoms with Gasteiger partial charge in [-0.05, 0) is 54.8 Å². The number of nitrogens with one attached hydrogen (secondary N) is 2. The first kappa shape index (κ1) is 24.8. The molecule has 0 unspecified atom stereocenters. The molecule has 7 nitrogen and oxygen atoms in total. The van der Waals surface area contributed by atoms with Crippen LogP contribution >= 0.6 is 0 Å². The molecule has 1 aliphatic heterocycles. The number of amides is 3. The topological polar surface area (TPSA) is 102 Å². The molecule has 2 aromatic carbocycles. The van der Waals surface area contributed by atoms with Crippen LogP contribution in [0.1, 0.15) is 47.2 Å².